The van der Waals surface area contributed by atoms with E-state index in [0.29, 0.717) is 17.5 Å². The topological polar surface area (TPSA) is 41.9 Å². The van der Waals surface area contributed by atoms with Crippen LogP contribution in [-0.2, 0) is 0 Å². The number of anilines is 2. The molecular weight excluding hydrogens is 597 g/mol. The molecule has 0 bridgehead atoms. The first-order valence-electron chi connectivity index (χ1n) is 16.4. The van der Waals surface area contributed by atoms with Gasteiger partial charge in [0.05, 0.1) is 0 Å². The van der Waals surface area contributed by atoms with E-state index in [1.165, 1.54) is 0 Å². The van der Waals surface area contributed by atoms with Crippen molar-refractivity contribution < 1.29 is 0 Å². The van der Waals surface area contributed by atoms with E-state index < -0.39 is 0 Å². The van der Waals surface area contributed by atoms with Crippen LogP contribution in [0.15, 0.2) is 182 Å². The summed E-state index contributed by atoms with van der Waals surface area (Å²) in [7, 11) is 0. The van der Waals surface area contributed by atoms with Crippen LogP contribution in [0.3, 0.4) is 0 Å². The molecule has 0 spiro atoms. The lowest BCUT2D eigenvalue weighted by molar-refractivity contribution is 1.08. The highest BCUT2D eigenvalue weighted by Crippen LogP contribution is 2.40. The van der Waals surface area contributed by atoms with Crippen molar-refractivity contribution in [1.82, 2.24) is 15.0 Å². The van der Waals surface area contributed by atoms with E-state index >= 15 is 0 Å². The predicted molar refractivity (Wildman–Crippen MR) is 205 cm³/mol. The van der Waals surface area contributed by atoms with Gasteiger partial charge in [0.15, 0.2) is 17.5 Å². The number of aryl methyl sites for hydroxylation is 1. The molecule has 0 aliphatic carbocycles. The number of hydrogen-bond acceptors (Lipinski definition) is 4. The third-order valence-electron chi connectivity index (χ3n) is 8.65. The molecule has 7 aromatic rings. The maximum Gasteiger partial charge on any atom is 0.165 e. The van der Waals surface area contributed by atoms with Crippen LogP contribution in [0.2, 0.25) is 0 Å². The number of nitrogens with zero attached hydrogens (tertiary/aromatic N) is 4. The van der Waals surface area contributed by atoms with Crippen LogP contribution in [0.1, 0.15) is 12.5 Å². The van der Waals surface area contributed by atoms with Crippen molar-refractivity contribution in [1.29, 1.82) is 0 Å². The first-order valence-corrected chi connectivity index (χ1v) is 16.4. The fourth-order valence-electron chi connectivity index (χ4n) is 6.16. The summed E-state index contributed by atoms with van der Waals surface area (Å²) in [6.07, 6.45) is 3.98. The van der Waals surface area contributed by atoms with Crippen molar-refractivity contribution in [2.75, 3.05) is 4.90 Å². The molecule has 6 aromatic carbocycles. The van der Waals surface area contributed by atoms with Gasteiger partial charge in [-0.25, -0.2) is 15.0 Å². The van der Waals surface area contributed by atoms with Gasteiger partial charge < -0.3 is 4.90 Å². The Kier molecular flexibility index (Phi) is 8.77. The molecular formula is C45H36N4. The molecule has 0 fully saturated rings. The first-order chi connectivity index (χ1) is 24.0. The number of para-hydroxylation sites is 1. The van der Waals surface area contributed by atoms with Crippen molar-refractivity contribution >= 4 is 22.1 Å². The lowest BCUT2D eigenvalue weighted by Gasteiger charge is -2.29. The van der Waals surface area contributed by atoms with Crippen LogP contribution in [-0.4, -0.2) is 15.0 Å². The minimum atomic E-state index is 0.626. The minimum absolute atomic E-state index is 0.626. The Hall–Kier alpha value is -6.39. The molecule has 0 saturated heterocycles. The van der Waals surface area contributed by atoms with Gasteiger partial charge in [0.1, 0.15) is 0 Å². The van der Waals surface area contributed by atoms with E-state index in [1.807, 2.05) is 79.7 Å². The monoisotopic (exact) mass is 632 g/mol. The quantitative estimate of drug-likeness (QED) is 0.149. The van der Waals surface area contributed by atoms with Crippen molar-refractivity contribution in [3.63, 3.8) is 0 Å². The Morgan fingerprint density at radius 1 is 0.571 bits per heavy atom. The number of benzene rings is 6. The van der Waals surface area contributed by atoms with Crippen LogP contribution in [0.25, 0.3) is 56.1 Å². The van der Waals surface area contributed by atoms with E-state index in [4.69, 9.17) is 15.0 Å². The predicted octanol–water partition coefficient (Wildman–Crippen LogP) is 11.8. The second-order valence-electron chi connectivity index (χ2n) is 11.9. The zero-order valence-electron chi connectivity index (χ0n) is 27.7. The van der Waals surface area contributed by atoms with Crippen LogP contribution in [0, 0.1) is 6.92 Å². The highest BCUT2D eigenvalue weighted by atomic mass is 15.1. The summed E-state index contributed by atoms with van der Waals surface area (Å²) in [5.41, 5.74) is 9.79. The second kappa shape index (κ2) is 13.8. The highest BCUT2D eigenvalue weighted by Gasteiger charge is 2.20. The van der Waals surface area contributed by atoms with Crippen LogP contribution >= 0.6 is 0 Å². The highest BCUT2D eigenvalue weighted by molar-refractivity contribution is 6.03. The van der Waals surface area contributed by atoms with Gasteiger partial charge in [-0.05, 0) is 65.1 Å². The molecule has 4 heteroatoms. The van der Waals surface area contributed by atoms with Gasteiger partial charge in [-0.3, -0.25) is 0 Å². The molecule has 49 heavy (non-hydrogen) atoms. The summed E-state index contributed by atoms with van der Waals surface area (Å²) in [5, 5.41) is 2.19. The molecule has 0 N–H and O–H groups in total. The normalized spacial score (nSPS) is 11.1. The molecule has 0 amide bonds. The zero-order valence-corrected chi connectivity index (χ0v) is 27.7. The summed E-state index contributed by atoms with van der Waals surface area (Å²) in [6, 6.07) is 49.9. The zero-order chi connectivity index (χ0) is 33.7. The number of hydrogen-bond donors (Lipinski definition) is 0. The Labute approximate surface area is 288 Å². The minimum Gasteiger partial charge on any atom is -0.310 e. The molecule has 0 radical (unpaired) electrons. The third kappa shape index (κ3) is 6.32. The lowest BCUT2D eigenvalue weighted by Crippen LogP contribution is -2.17. The molecule has 0 aliphatic rings. The fourth-order valence-corrected chi connectivity index (χ4v) is 6.16. The van der Waals surface area contributed by atoms with Gasteiger partial charge in [0.2, 0.25) is 0 Å². The molecule has 0 aliphatic heterocycles. The van der Waals surface area contributed by atoms with Gasteiger partial charge in [-0.15, -0.1) is 0 Å². The second-order valence-corrected chi connectivity index (χ2v) is 11.9. The van der Waals surface area contributed by atoms with Gasteiger partial charge in [0.25, 0.3) is 0 Å². The molecule has 7 rings (SSSR count). The molecule has 0 atom stereocenters. The summed E-state index contributed by atoms with van der Waals surface area (Å²) in [5.74, 6) is 1.89. The van der Waals surface area contributed by atoms with Crippen molar-refractivity contribution in [2.24, 2.45) is 0 Å². The number of fused-ring (bicyclic) bond motifs is 1. The number of rotatable bonds is 9. The van der Waals surface area contributed by atoms with Gasteiger partial charge in [-0.2, -0.15) is 0 Å². The van der Waals surface area contributed by atoms with Gasteiger partial charge >= 0.3 is 0 Å². The Balaban J connectivity index is 1.41. The summed E-state index contributed by atoms with van der Waals surface area (Å²) in [4.78, 5) is 17.4. The summed E-state index contributed by atoms with van der Waals surface area (Å²) in [6.45, 7) is 12.9. The average Bonchev–Trinajstić information content (AvgIpc) is 3.16. The van der Waals surface area contributed by atoms with E-state index in [9.17, 15) is 0 Å². The first kappa shape index (κ1) is 31.2. The Morgan fingerprint density at radius 3 is 1.78 bits per heavy atom. The SMILES string of the molecule is C=C(/C=C\C)C(=C)N(c1ccc(-c2ccc3ccccc3c2-c2nc(-c3ccccc3)nc(-c3ccccc3)n2)cc1)c1ccccc1C. The van der Waals surface area contributed by atoms with E-state index in [0.717, 1.165) is 66.8 Å². The molecule has 0 unspecified atom stereocenters. The molecule has 0 saturated carbocycles. The van der Waals surface area contributed by atoms with Crippen LogP contribution in [0.5, 0.6) is 0 Å². The maximum atomic E-state index is 5.13. The van der Waals surface area contributed by atoms with Crippen LogP contribution in [0.4, 0.5) is 11.4 Å². The maximum absolute atomic E-state index is 5.13. The lowest BCUT2D eigenvalue weighted by atomic mass is 9.93. The van der Waals surface area contributed by atoms with Gasteiger partial charge in [-0.1, -0.05) is 153 Å². The molecule has 4 nitrogen and oxygen atoms in total. The number of allylic oxidation sites excluding steroid dienone is 2. The van der Waals surface area contributed by atoms with Crippen molar-refractivity contribution in [3.8, 4) is 45.3 Å². The van der Waals surface area contributed by atoms with Crippen LogP contribution < -0.4 is 4.90 Å². The number of aromatic nitrogens is 3. The van der Waals surface area contributed by atoms with E-state index in [2.05, 4.69) is 110 Å². The van der Waals surface area contributed by atoms with Crippen molar-refractivity contribution in [2.45, 2.75) is 13.8 Å². The fraction of sp³-hybridized carbons (Fsp3) is 0.0444. The standard InChI is InChI=1S/C45H36N4/c1-5-16-31(2)33(4)49(41-24-15-12-17-32(41)3)38-28-25-35(26-29-38)40-30-27-34-18-13-14-23-39(34)42(40)45-47-43(36-19-8-6-9-20-36)46-44(48-45)37-21-10-7-11-22-37/h5-30H,2,4H2,1,3H3/b16-5-. The van der Waals surface area contributed by atoms with E-state index in [1.54, 1.807) is 0 Å². The van der Waals surface area contributed by atoms with Crippen molar-refractivity contribution in [3.05, 3.63) is 188 Å². The summed E-state index contributed by atoms with van der Waals surface area (Å²) < 4.78 is 0. The average molecular weight is 633 g/mol. The summed E-state index contributed by atoms with van der Waals surface area (Å²) >= 11 is 0. The molecule has 1 heterocycles. The smallest absolute Gasteiger partial charge is 0.165 e. The largest absolute Gasteiger partial charge is 0.310 e. The van der Waals surface area contributed by atoms with Gasteiger partial charge in [0, 0.05) is 33.8 Å². The molecule has 236 valence electrons. The van der Waals surface area contributed by atoms with E-state index in [-0.39, 0.29) is 0 Å². The third-order valence-corrected chi connectivity index (χ3v) is 8.65. The Bertz CT molecular complexity index is 2260. The Morgan fingerprint density at radius 2 is 1.14 bits per heavy atom. The molecule has 1 aromatic heterocycles.